The van der Waals surface area contributed by atoms with Crippen LogP contribution in [0.4, 0.5) is 0 Å². The number of nitrogens with one attached hydrogen (secondary N) is 1. The minimum Gasteiger partial charge on any atom is -0.353 e. The monoisotopic (exact) mass is 226 g/mol. The normalized spacial score (nSPS) is 29.1. The average Bonchev–Trinajstić information content (AvgIpc) is 2.13. The molecule has 0 aliphatic carbocycles. The van der Waals surface area contributed by atoms with Crippen molar-refractivity contribution in [3.63, 3.8) is 0 Å². The number of nitrogens with zero attached hydrogens (tertiary/aromatic N) is 1. The van der Waals surface area contributed by atoms with Crippen LogP contribution in [0.1, 0.15) is 41.0 Å². The summed E-state index contributed by atoms with van der Waals surface area (Å²) in [7, 11) is 0. The van der Waals surface area contributed by atoms with Crippen molar-refractivity contribution in [1.82, 2.24) is 10.2 Å². The molecule has 3 unspecified atom stereocenters. The molecule has 0 aromatic rings. The van der Waals surface area contributed by atoms with Gasteiger partial charge >= 0.3 is 0 Å². The van der Waals surface area contributed by atoms with Gasteiger partial charge in [-0.25, -0.2) is 0 Å². The molecular weight excluding hydrogens is 200 g/mol. The number of piperidine rings is 1. The molecular formula is C13H26N2O. The second kappa shape index (κ2) is 5.67. The smallest absolute Gasteiger partial charge is 0.237 e. The molecule has 3 heteroatoms. The molecule has 94 valence electrons. The molecule has 1 aliphatic rings. The van der Waals surface area contributed by atoms with Gasteiger partial charge in [0, 0.05) is 19.1 Å². The van der Waals surface area contributed by atoms with Crippen LogP contribution in [-0.4, -0.2) is 36.0 Å². The Morgan fingerprint density at radius 3 is 2.12 bits per heavy atom. The van der Waals surface area contributed by atoms with Gasteiger partial charge in [0.1, 0.15) is 0 Å². The summed E-state index contributed by atoms with van der Waals surface area (Å²) >= 11 is 0. The number of amides is 1. The minimum absolute atomic E-state index is 0.00704. The maximum atomic E-state index is 11.9. The molecule has 3 atom stereocenters. The molecule has 1 heterocycles. The van der Waals surface area contributed by atoms with Crippen LogP contribution in [0.3, 0.4) is 0 Å². The second-order valence-corrected chi connectivity index (χ2v) is 5.74. The molecule has 0 aromatic carbocycles. The Balaban J connectivity index is 2.52. The summed E-state index contributed by atoms with van der Waals surface area (Å²) in [6.45, 7) is 12.7. The van der Waals surface area contributed by atoms with Gasteiger partial charge in [0.05, 0.1) is 6.04 Å². The highest BCUT2D eigenvalue weighted by atomic mass is 16.2. The number of carbonyl (C=O) groups is 1. The third-order valence-electron chi connectivity index (χ3n) is 3.26. The number of likely N-dealkylation sites (tertiary alicyclic amines) is 1. The van der Waals surface area contributed by atoms with Gasteiger partial charge in [-0.05, 0) is 39.0 Å². The molecule has 1 amide bonds. The Hall–Kier alpha value is -0.570. The molecule has 0 radical (unpaired) electrons. The number of hydrogen-bond acceptors (Lipinski definition) is 2. The molecule has 1 saturated heterocycles. The van der Waals surface area contributed by atoms with Crippen LogP contribution < -0.4 is 5.32 Å². The van der Waals surface area contributed by atoms with Crippen LogP contribution in [0.2, 0.25) is 0 Å². The first-order chi connectivity index (χ1) is 7.40. The fourth-order valence-corrected chi connectivity index (χ4v) is 2.60. The average molecular weight is 226 g/mol. The lowest BCUT2D eigenvalue weighted by atomic mass is 9.91. The molecule has 0 spiro atoms. The molecule has 1 aliphatic heterocycles. The van der Waals surface area contributed by atoms with Crippen LogP contribution in [0.5, 0.6) is 0 Å². The van der Waals surface area contributed by atoms with E-state index in [0.717, 1.165) is 13.1 Å². The highest BCUT2D eigenvalue weighted by Crippen LogP contribution is 2.22. The molecule has 1 N–H and O–H groups in total. The summed E-state index contributed by atoms with van der Waals surface area (Å²) in [5.41, 5.74) is 0. The van der Waals surface area contributed by atoms with Crippen molar-refractivity contribution >= 4 is 5.91 Å². The minimum atomic E-state index is 0.00704. The zero-order valence-electron chi connectivity index (χ0n) is 11.3. The van der Waals surface area contributed by atoms with E-state index in [1.165, 1.54) is 6.42 Å². The van der Waals surface area contributed by atoms with Crippen molar-refractivity contribution in [2.75, 3.05) is 13.1 Å². The first-order valence-corrected chi connectivity index (χ1v) is 6.44. The van der Waals surface area contributed by atoms with Gasteiger partial charge in [-0.15, -0.1) is 0 Å². The summed E-state index contributed by atoms with van der Waals surface area (Å²) in [4.78, 5) is 14.2. The summed E-state index contributed by atoms with van der Waals surface area (Å²) in [6.07, 6.45) is 1.29. The Bertz CT molecular complexity index is 230. The van der Waals surface area contributed by atoms with E-state index in [-0.39, 0.29) is 18.0 Å². The van der Waals surface area contributed by atoms with Gasteiger partial charge in [0.2, 0.25) is 5.91 Å². The maximum Gasteiger partial charge on any atom is 0.237 e. The number of rotatable bonds is 3. The van der Waals surface area contributed by atoms with Crippen molar-refractivity contribution in [3.05, 3.63) is 0 Å². The zero-order valence-corrected chi connectivity index (χ0v) is 11.3. The van der Waals surface area contributed by atoms with Gasteiger partial charge in [0.25, 0.3) is 0 Å². The van der Waals surface area contributed by atoms with Crippen LogP contribution in [-0.2, 0) is 4.79 Å². The Morgan fingerprint density at radius 2 is 1.69 bits per heavy atom. The van der Waals surface area contributed by atoms with E-state index in [0.29, 0.717) is 11.8 Å². The topological polar surface area (TPSA) is 32.3 Å². The third-order valence-corrected chi connectivity index (χ3v) is 3.26. The highest BCUT2D eigenvalue weighted by molar-refractivity contribution is 5.81. The molecule has 0 aromatic heterocycles. The van der Waals surface area contributed by atoms with Crippen LogP contribution >= 0.6 is 0 Å². The Labute approximate surface area is 99.6 Å². The van der Waals surface area contributed by atoms with Crippen molar-refractivity contribution in [1.29, 1.82) is 0 Å². The van der Waals surface area contributed by atoms with Gasteiger partial charge in [-0.2, -0.15) is 0 Å². The van der Waals surface area contributed by atoms with Gasteiger partial charge in [-0.1, -0.05) is 13.8 Å². The largest absolute Gasteiger partial charge is 0.353 e. The summed E-state index contributed by atoms with van der Waals surface area (Å²) in [5.74, 6) is 1.58. The van der Waals surface area contributed by atoms with Crippen LogP contribution in [0, 0.1) is 11.8 Å². The summed E-state index contributed by atoms with van der Waals surface area (Å²) in [5, 5.41) is 2.99. The van der Waals surface area contributed by atoms with E-state index < -0.39 is 0 Å². The van der Waals surface area contributed by atoms with E-state index >= 15 is 0 Å². The fraction of sp³-hybridized carbons (Fsp3) is 0.923. The highest BCUT2D eigenvalue weighted by Gasteiger charge is 2.28. The lowest BCUT2D eigenvalue weighted by molar-refractivity contribution is -0.127. The van der Waals surface area contributed by atoms with Crippen LogP contribution in [0.15, 0.2) is 0 Å². The van der Waals surface area contributed by atoms with Crippen molar-refractivity contribution < 1.29 is 4.79 Å². The van der Waals surface area contributed by atoms with E-state index in [1.54, 1.807) is 0 Å². The van der Waals surface area contributed by atoms with E-state index in [4.69, 9.17) is 0 Å². The van der Waals surface area contributed by atoms with Crippen molar-refractivity contribution in [2.45, 2.75) is 53.1 Å². The third kappa shape index (κ3) is 3.78. The zero-order chi connectivity index (χ0) is 12.3. The second-order valence-electron chi connectivity index (χ2n) is 5.74. The van der Waals surface area contributed by atoms with Crippen LogP contribution in [0.25, 0.3) is 0 Å². The lowest BCUT2D eigenvalue weighted by Crippen LogP contribution is -2.51. The molecule has 16 heavy (non-hydrogen) atoms. The SMILES string of the molecule is CC1CC(C)CN(C(C)C(=O)NC(C)C)C1. The van der Waals surface area contributed by atoms with E-state index in [1.807, 2.05) is 20.8 Å². The molecule has 1 fully saturated rings. The van der Waals surface area contributed by atoms with Crippen molar-refractivity contribution in [2.24, 2.45) is 11.8 Å². The Kier molecular flexibility index (Phi) is 4.78. The van der Waals surface area contributed by atoms with Gasteiger partial charge in [0.15, 0.2) is 0 Å². The van der Waals surface area contributed by atoms with Gasteiger partial charge in [-0.3, -0.25) is 9.69 Å². The lowest BCUT2D eigenvalue weighted by Gasteiger charge is -2.38. The summed E-state index contributed by atoms with van der Waals surface area (Å²) < 4.78 is 0. The first kappa shape index (κ1) is 13.5. The van der Waals surface area contributed by atoms with E-state index in [9.17, 15) is 4.79 Å². The van der Waals surface area contributed by atoms with E-state index in [2.05, 4.69) is 24.1 Å². The fourth-order valence-electron chi connectivity index (χ4n) is 2.60. The molecule has 0 bridgehead atoms. The predicted molar refractivity (Wildman–Crippen MR) is 67.3 cm³/mol. The number of hydrogen-bond donors (Lipinski definition) is 1. The quantitative estimate of drug-likeness (QED) is 0.797. The maximum absolute atomic E-state index is 11.9. The predicted octanol–water partition coefficient (Wildman–Crippen LogP) is 1.88. The van der Waals surface area contributed by atoms with Crippen molar-refractivity contribution in [3.8, 4) is 0 Å². The standard InChI is InChI=1S/C13H26N2O/c1-9(2)14-13(16)12(5)15-7-10(3)6-11(4)8-15/h9-12H,6-8H2,1-5H3,(H,14,16). The summed E-state index contributed by atoms with van der Waals surface area (Å²) in [6, 6.07) is 0.238. The molecule has 3 nitrogen and oxygen atoms in total. The molecule has 1 rings (SSSR count). The first-order valence-electron chi connectivity index (χ1n) is 6.44. The molecule has 0 saturated carbocycles. The van der Waals surface area contributed by atoms with Gasteiger partial charge < -0.3 is 5.32 Å². The Morgan fingerprint density at radius 1 is 1.19 bits per heavy atom. The number of carbonyl (C=O) groups excluding carboxylic acids is 1.